The molecule has 114 valence electrons. The van der Waals surface area contributed by atoms with Gasteiger partial charge in [0, 0.05) is 18.2 Å². The molecule has 0 atom stereocenters. The van der Waals surface area contributed by atoms with Crippen LogP contribution >= 0.6 is 12.2 Å². The van der Waals surface area contributed by atoms with Crippen molar-refractivity contribution in [3.8, 4) is 0 Å². The van der Waals surface area contributed by atoms with Crippen molar-refractivity contribution in [1.82, 2.24) is 9.29 Å². The fourth-order valence-corrected chi connectivity index (χ4v) is 3.74. The SMILES string of the molecule is CC(C)(CCCN1C(=O)c2cccnc2S1(=O)=O)C(N)=S. The van der Waals surface area contributed by atoms with Crippen LogP contribution in [0.5, 0.6) is 0 Å². The summed E-state index contributed by atoms with van der Waals surface area (Å²) in [7, 11) is -3.82. The Bertz CT molecular complexity index is 698. The van der Waals surface area contributed by atoms with Gasteiger partial charge in [-0.25, -0.2) is 9.29 Å². The minimum atomic E-state index is -3.82. The van der Waals surface area contributed by atoms with Gasteiger partial charge < -0.3 is 5.73 Å². The molecule has 0 unspecified atom stereocenters. The van der Waals surface area contributed by atoms with E-state index in [-0.39, 0.29) is 22.5 Å². The number of thiocarbonyl (C=S) groups is 1. The van der Waals surface area contributed by atoms with Crippen molar-refractivity contribution in [2.24, 2.45) is 11.1 Å². The summed E-state index contributed by atoms with van der Waals surface area (Å²) in [6.45, 7) is 3.89. The fraction of sp³-hybridized carbons (Fsp3) is 0.462. The molecule has 0 radical (unpaired) electrons. The molecule has 1 aliphatic rings. The van der Waals surface area contributed by atoms with Crippen LogP contribution in [0.2, 0.25) is 0 Å². The number of nitrogens with zero attached hydrogens (tertiary/aromatic N) is 2. The highest BCUT2D eigenvalue weighted by Crippen LogP contribution is 2.29. The number of carbonyl (C=O) groups is 1. The van der Waals surface area contributed by atoms with E-state index < -0.39 is 15.9 Å². The van der Waals surface area contributed by atoms with Crippen molar-refractivity contribution >= 4 is 33.1 Å². The highest BCUT2D eigenvalue weighted by atomic mass is 32.2. The molecule has 0 aliphatic carbocycles. The first-order valence-corrected chi connectivity index (χ1v) is 8.35. The van der Waals surface area contributed by atoms with Gasteiger partial charge in [0.2, 0.25) is 0 Å². The highest BCUT2D eigenvalue weighted by molar-refractivity contribution is 7.90. The number of carbonyl (C=O) groups excluding carboxylic acids is 1. The molecule has 2 rings (SSSR count). The zero-order valence-corrected chi connectivity index (χ0v) is 13.5. The third kappa shape index (κ3) is 2.77. The zero-order chi connectivity index (χ0) is 15.8. The highest BCUT2D eigenvalue weighted by Gasteiger charge is 2.42. The Hall–Kier alpha value is -1.54. The first kappa shape index (κ1) is 15.8. The quantitative estimate of drug-likeness (QED) is 0.820. The standard InChI is InChI=1S/C13H17N3O3S2/c1-13(2,12(14)20)6-4-8-16-11(17)9-5-3-7-15-10(9)21(16,18)19/h3,5,7H,4,6,8H2,1-2H3,(H2,14,20). The van der Waals surface area contributed by atoms with Crippen LogP contribution in [-0.2, 0) is 10.0 Å². The summed E-state index contributed by atoms with van der Waals surface area (Å²) in [4.78, 5) is 16.3. The third-order valence-electron chi connectivity index (χ3n) is 3.59. The number of amides is 1. The van der Waals surface area contributed by atoms with Crippen LogP contribution in [0.15, 0.2) is 23.4 Å². The molecule has 0 spiro atoms. The summed E-state index contributed by atoms with van der Waals surface area (Å²) in [5, 5.41) is -0.163. The summed E-state index contributed by atoms with van der Waals surface area (Å²) in [5.74, 6) is -0.522. The van der Waals surface area contributed by atoms with Gasteiger partial charge in [0.1, 0.15) is 0 Å². The predicted octanol–water partition coefficient (Wildman–Crippen LogP) is 1.32. The molecule has 2 N–H and O–H groups in total. The summed E-state index contributed by atoms with van der Waals surface area (Å²) >= 11 is 4.97. The Morgan fingerprint density at radius 1 is 1.48 bits per heavy atom. The van der Waals surface area contributed by atoms with E-state index >= 15 is 0 Å². The van der Waals surface area contributed by atoms with Gasteiger partial charge in [-0.05, 0) is 25.0 Å². The monoisotopic (exact) mass is 327 g/mol. The van der Waals surface area contributed by atoms with Crippen molar-refractivity contribution in [3.63, 3.8) is 0 Å². The molecule has 1 aromatic heterocycles. The molecule has 2 heterocycles. The Labute approximate surface area is 129 Å². The van der Waals surface area contributed by atoms with E-state index in [4.69, 9.17) is 18.0 Å². The van der Waals surface area contributed by atoms with Crippen LogP contribution in [0, 0.1) is 5.41 Å². The van der Waals surface area contributed by atoms with Crippen molar-refractivity contribution in [2.45, 2.75) is 31.7 Å². The average Bonchev–Trinajstić information content (AvgIpc) is 2.60. The first-order chi connectivity index (χ1) is 9.68. The number of fused-ring (bicyclic) bond motifs is 1. The zero-order valence-electron chi connectivity index (χ0n) is 11.9. The molecule has 21 heavy (non-hydrogen) atoms. The molecule has 1 aliphatic heterocycles. The summed E-state index contributed by atoms with van der Waals surface area (Å²) in [5.41, 5.74) is 5.40. The van der Waals surface area contributed by atoms with Crippen LogP contribution in [0.4, 0.5) is 0 Å². The minimum Gasteiger partial charge on any atom is -0.393 e. The Balaban J connectivity index is 2.13. The number of pyridine rings is 1. The van der Waals surface area contributed by atoms with Crippen molar-refractivity contribution in [3.05, 3.63) is 23.9 Å². The van der Waals surface area contributed by atoms with Crippen molar-refractivity contribution in [2.75, 3.05) is 6.54 Å². The molecule has 1 amide bonds. The molecule has 6 nitrogen and oxygen atoms in total. The van der Waals surface area contributed by atoms with Gasteiger partial charge >= 0.3 is 0 Å². The lowest BCUT2D eigenvalue weighted by atomic mass is 9.88. The molecular weight excluding hydrogens is 310 g/mol. The normalized spacial score (nSPS) is 16.9. The lowest BCUT2D eigenvalue weighted by Crippen LogP contribution is -2.34. The van der Waals surface area contributed by atoms with Crippen molar-refractivity contribution in [1.29, 1.82) is 0 Å². The molecule has 0 fully saturated rings. The number of aromatic nitrogens is 1. The predicted molar refractivity (Wildman–Crippen MR) is 82.3 cm³/mol. The van der Waals surface area contributed by atoms with Gasteiger partial charge in [0.05, 0.1) is 10.6 Å². The van der Waals surface area contributed by atoms with E-state index in [9.17, 15) is 13.2 Å². The second-order valence-electron chi connectivity index (χ2n) is 5.59. The molecule has 0 saturated heterocycles. The molecule has 0 saturated carbocycles. The molecular formula is C13H17N3O3S2. The number of hydrogen-bond acceptors (Lipinski definition) is 5. The average molecular weight is 327 g/mol. The van der Waals surface area contributed by atoms with Crippen LogP contribution in [0.25, 0.3) is 0 Å². The van der Waals surface area contributed by atoms with Gasteiger partial charge in [-0.3, -0.25) is 4.79 Å². The van der Waals surface area contributed by atoms with E-state index in [0.717, 1.165) is 4.31 Å². The van der Waals surface area contributed by atoms with Gasteiger partial charge in [-0.2, -0.15) is 8.42 Å². The fourth-order valence-electron chi connectivity index (χ4n) is 2.12. The first-order valence-electron chi connectivity index (χ1n) is 6.50. The second-order valence-corrected chi connectivity index (χ2v) is 7.81. The van der Waals surface area contributed by atoms with E-state index in [1.807, 2.05) is 13.8 Å². The second kappa shape index (κ2) is 5.34. The van der Waals surface area contributed by atoms with Crippen LogP contribution in [0.3, 0.4) is 0 Å². The summed E-state index contributed by atoms with van der Waals surface area (Å²) < 4.78 is 25.4. The van der Waals surface area contributed by atoms with Gasteiger partial charge in [-0.15, -0.1) is 0 Å². The third-order valence-corrected chi connectivity index (χ3v) is 5.89. The van der Waals surface area contributed by atoms with Crippen molar-refractivity contribution < 1.29 is 13.2 Å². The van der Waals surface area contributed by atoms with Gasteiger partial charge in [0.15, 0.2) is 5.03 Å². The van der Waals surface area contributed by atoms with E-state index in [0.29, 0.717) is 17.8 Å². The van der Waals surface area contributed by atoms with E-state index in [1.165, 1.54) is 12.3 Å². The maximum Gasteiger partial charge on any atom is 0.285 e. The Morgan fingerprint density at radius 3 is 2.71 bits per heavy atom. The van der Waals surface area contributed by atoms with E-state index in [1.54, 1.807) is 6.07 Å². The minimum absolute atomic E-state index is 0.101. The molecule has 8 heteroatoms. The molecule has 0 aromatic carbocycles. The smallest absolute Gasteiger partial charge is 0.285 e. The number of sulfonamides is 1. The van der Waals surface area contributed by atoms with Gasteiger partial charge in [0.25, 0.3) is 15.9 Å². The van der Waals surface area contributed by atoms with Crippen LogP contribution in [0.1, 0.15) is 37.0 Å². The van der Waals surface area contributed by atoms with E-state index in [2.05, 4.69) is 4.98 Å². The lowest BCUT2D eigenvalue weighted by molar-refractivity contribution is 0.0868. The van der Waals surface area contributed by atoms with Crippen LogP contribution < -0.4 is 5.73 Å². The Morgan fingerprint density at radius 2 is 2.14 bits per heavy atom. The summed E-state index contributed by atoms with van der Waals surface area (Å²) in [6.07, 6.45) is 2.46. The summed E-state index contributed by atoms with van der Waals surface area (Å²) in [6, 6.07) is 3.02. The largest absolute Gasteiger partial charge is 0.393 e. The number of rotatable bonds is 5. The topological polar surface area (TPSA) is 93.4 Å². The van der Waals surface area contributed by atoms with Crippen LogP contribution in [-0.4, -0.2) is 35.1 Å². The molecule has 1 aromatic rings. The van der Waals surface area contributed by atoms with Gasteiger partial charge in [-0.1, -0.05) is 26.1 Å². The number of hydrogen-bond donors (Lipinski definition) is 1. The number of nitrogens with two attached hydrogens (primary N) is 1. The maximum atomic E-state index is 12.3. The Kier molecular flexibility index (Phi) is 4.03. The molecule has 0 bridgehead atoms. The maximum absolute atomic E-state index is 12.3. The lowest BCUT2D eigenvalue weighted by Gasteiger charge is -2.24.